The number of hydrogen-bond acceptors (Lipinski definition) is 4. The SMILES string of the molecule is CC(C)CCOC1(SCCC(C)C)SS1. The summed E-state index contributed by atoms with van der Waals surface area (Å²) in [7, 11) is 3.75. The Morgan fingerprint density at radius 3 is 2.13 bits per heavy atom. The Labute approximate surface area is 106 Å². The van der Waals surface area contributed by atoms with Crippen molar-refractivity contribution in [2.75, 3.05) is 12.4 Å². The fraction of sp³-hybridized carbons (Fsp3) is 1.00. The average Bonchev–Trinajstić information content (AvgIpc) is 2.84. The largest absolute Gasteiger partial charge is 0.345 e. The average molecular weight is 266 g/mol. The summed E-state index contributed by atoms with van der Waals surface area (Å²) in [6.07, 6.45) is 2.47. The molecule has 1 nitrogen and oxygen atoms in total. The maximum Gasteiger partial charge on any atom is 0.228 e. The van der Waals surface area contributed by atoms with E-state index in [1.54, 1.807) is 0 Å². The molecule has 4 heteroatoms. The minimum atomic E-state index is 0.0732. The maximum atomic E-state index is 5.92. The van der Waals surface area contributed by atoms with Crippen molar-refractivity contribution in [3.63, 3.8) is 0 Å². The van der Waals surface area contributed by atoms with E-state index in [-0.39, 0.29) is 3.60 Å². The van der Waals surface area contributed by atoms with E-state index in [0.29, 0.717) is 0 Å². The van der Waals surface area contributed by atoms with Gasteiger partial charge >= 0.3 is 0 Å². The first-order valence-electron chi connectivity index (χ1n) is 5.69. The second-order valence-electron chi connectivity index (χ2n) is 4.73. The van der Waals surface area contributed by atoms with Gasteiger partial charge in [-0.2, -0.15) is 0 Å². The molecular weight excluding hydrogens is 244 g/mol. The number of hydrogen-bond donors (Lipinski definition) is 0. The number of thioether (sulfide) groups is 1. The summed E-state index contributed by atoms with van der Waals surface area (Å²) in [5, 5.41) is 0. The summed E-state index contributed by atoms with van der Waals surface area (Å²) in [6, 6.07) is 0. The fourth-order valence-corrected chi connectivity index (χ4v) is 4.90. The Balaban J connectivity index is 2.06. The van der Waals surface area contributed by atoms with Crippen molar-refractivity contribution in [1.82, 2.24) is 0 Å². The lowest BCUT2D eigenvalue weighted by Gasteiger charge is -2.14. The third-order valence-electron chi connectivity index (χ3n) is 2.17. The molecule has 0 radical (unpaired) electrons. The lowest BCUT2D eigenvalue weighted by Crippen LogP contribution is -2.10. The van der Waals surface area contributed by atoms with E-state index in [1.165, 1.54) is 18.6 Å². The minimum absolute atomic E-state index is 0.0732. The molecule has 90 valence electrons. The minimum Gasteiger partial charge on any atom is -0.345 e. The van der Waals surface area contributed by atoms with Gasteiger partial charge in [-0.15, -0.1) is 11.8 Å². The van der Waals surface area contributed by atoms with Crippen LogP contribution in [-0.4, -0.2) is 16.0 Å². The zero-order chi connectivity index (χ0) is 11.3. The number of ether oxygens (including phenoxy) is 1. The van der Waals surface area contributed by atoms with E-state index in [0.717, 1.165) is 18.4 Å². The topological polar surface area (TPSA) is 9.23 Å². The van der Waals surface area contributed by atoms with Crippen LogP contribution in [0.5, 0.6) is 0 Å². The summed E-state index contributed by atoms with van der Waals surface area (Å²) in [4.78, 5) is 0. The van der Waals surface area contributed by atoms with E-state index >= 15 is 0 Å². The van der Waals surface area contributed by atoms with Crippen molar-refractivity contribution in [3.8, 4) is 0 Å². The van der Waals surface area contributed by atoms with Gasteiger partial charge in [0.05, 0.1) is 6.61 Å². The first kappa shape index (κ1) is 14.1. The van der Waals surface area contributed by atoms with Gasteiger partial charge in [-0.25, -0.2) is 0 Å². The Hall–Kier alpha value is 1.01. The normalized spacial score (nSPS) is 18.8. The van der Waals surface area contributed by atoms with Crippen molar-refractivity contribution >= 4 is 33.3 Å². The molecule has 0 aromatic heterocycles. The van der Waals surface area contributed by atoms with Gasteiger partial charge in [0.15, 0.2) is 0 Å². The molecule has 0 aliphatic carbocycles. The molecule has 15 heavy (non-hydrogen) atoms. The van der Waals surface area contributed by atoms with Crippen molar-refractivity contribution in [2.24, 2.45) is 11.8 Å². The lowest BCUT2D eigenvalue weighted by molar-refractivity contribution is 0.138. The molecule has 1 saturated heterocycles. The van der Waals surface area contributed by atoms with Gasteiger partial charge in [0.2, 0.25) is 3.60 Å². The molecule has 0 spiro atoms. The quantitative estimate of drug-likeness (QED) is 0.353. The van der Waals surface area contributed by atoms with E-state index in [2.05, 4.69) is 27.7 Å². The first-order chi connectivity index (χ1) is 7.04. The van der Waals surface area contributed by atoms with Crippen LogP contribution in [0.15, 0.2) is 0 Å². The van der Waals surface area contributed by atoms with E-state index < -0.39 is 0 Å². The molecule has 1 rings (SSSR count). The van der Waals surface area contributed by atoms with Crippen LogP contribution >= 0.6 is 33.3 Å². The van der Waals surface area contributed by atoms with Crippen molar-refractivity contribution in [1.29, 1.82) is 0 Å². The fourth-order valence-electron chi connectivity index (χ4n) is 1.01. The van der Waals surface area contributed by atoms with E-state index in [1.807, 2.05) is 33.3 Å². The monoisotopic (exact) mass is 266 g/mol. The highest BCUT2D eigenvalue weighted by atomic mass is 33.2. The van der Waals surface area contributed by atoms with Crippen LogP contribution in [0.2, 0.25) is 0 Å². The zero-order valence-electron chi connectivity index (χ0n) is 10.1. The Morgan fingerprint density at radius 2 is 1.67 bits per heavy atom. The standard InChI is InChI=1S/C11H22OS3/c1-9(2)5-7-12-11(14-15-11)13-8-6-10(3)4/h9-10H,5-8H2,1-4H3. The summed E-state index contributed by atoms with van der Waals surface area (Å²) < 4.78 is 6.00. The molecule has 1 fully saturated rings. The third kappa shape index (κ3) is 6.35. The highest BCUT2D eigenvalue weighted by Crippen LogP contribution is 2.71. The summed E-state index contributed by atoms with van der Waals surface area (Å²) in [6.45, 7) is 9.96. The third-order valence-corrected chi connectivity index (χ3v) is 7.00. The summed E-state index contributed by atoms with van der Waals surface area (Å²) in [5.74, 6) is 2.77. The second kappa shape index (κ2) is 6.67. The molecule has 0 amide bonds. The van der Waals surface area contributed by atoms with Crippen LogP contribution in [0, 0.1) is 11.8 Å². The first-order valence-corrected chi connectivity index (χ1v) is 8.82. The van der Waals surface area contributed by atoms with E-state index in [4.69, 9.17) is 4.74 Å². The number of rotatable bonds is 8. The van der Waals surface area contributed by atoms with Gasteiger partial charge in [0, 0.05) is 0 Å². The van der Waals surface area contributed by atoms with Crippen LogP contribution in [-0.2, 0) is 4.74 Å². The molecule has 0 N–H and O–H groups in total. The highest BCUT2D eigenvalue weighted by Gasteiger charge is 2.48. The molecule has 0 bridgehead atoms. The van der Waals surface area contributed by atoms with Gasteiger partial charge in [-0.05, 0) is 52.0 Å². The van der Waals surface area contributed by atoms with Crippen LogP contribution in [0.4, 0.5) is 0 Å². The van der Waals surface area contributed by atoms with Crippen LogP contribution in [0.25, 0.3) is 0 Å². The predicted octanol–water partition coefficient (Wildman–Crippen LogP) is 4.83. The van der Waals surface area contributed by atoms with Crippen molar-refractivity contribution in [2.45, 2.75) is 44.1 Å². The van der Waals surface area contributed by atoms with Gasteiger partial charge < -0.3 is 4.74 Å². The zero-order valence-corrected chi connectivity index (χ0v) is 12.6. The Bertz CT molecular complexity index is 163. The van der Waals surface area contributed by atoms with Crippen LogP contribution in [0.3, 0.4) is 0 Å². The van der Waals surface area contributed by atoms with Gasteiger partial charge in [0.1, 0.15) is 0 Å². The van der Waals surface area contributed by atoms with Crippen molar-refractivity contribution in [3.05, 3.63) is 0 Å². The second-order valence-corrected chi connectivity index (χ2v) is 9.26. The summed E-state index contributed by atoms with van der Waals surface area (Å²) in [5.41, 5.74) is 0. The Kier molecular flexibility index (Phi) is 6.26. The molecule has 0 aromatic rings. The molecule has 0 aromatic carbocycles. The van der Waals surface area contributed by atoms with Gasteiger partial charge in [-0.1, -0.05) is 27.7 Å². The van der Waals surface area contributed by atoms with E-state index in [9.17, 15) is 0 Å². The van der Waals surface area contributed by atoms with Crippen molar-refractivity contribution < 1.29 is 4.74 Å². The van der Waals surface area contributed by atoms with Crippen LogP contribution in [0.1, 0.15) is 40.5 Å². The van der Waals surface area contributed by atoms with Gasteiger partial charge in [-0.3, -0.25) is 0 Å². The molecule has 1 aliphatic rings. The van der Waals surface area contributed by atoms with Crippen LogP contribution < -0.4 is 0 Å². The molecule has 1 heterocycles. The lowest BCUT2D eigenvalue weighted by atomic mass is 10.1. The molecule has 0 saturated carbocycles. The molecule has 0 atom stereocenters. The molecule has 1 aliphatic heterocycles. The smallest absolute Gasteiger partial charge is 0.228 e. The molecule has 0 unspecified atom stereocenters. The maximum absolute atomic E-state index is 5.92. The predicted molar refractivity (Wildman–Crippen MR) is 75.2 cm³/mol. The summed E-state index contributed by atoms with van der Waals surface area (Å²) >= 11 is 1.97. The highest BCUT2D eigenvalue weighted by molar-refractivity contribution is 8.97. The van der Waals surface area contributed by atoms with Gasteiger partial charge in [0.25, 0.3) is 0 Å². The Morgan fingerprint density at radius 1 is 1.07 bits per heavy atom. The molecular formula is C11H22OS3.